The third kappa shape index (κ3) is 2.41. The maximum absolute atomic E-state index is 9.19. The summed E-state index contributed by atoms with van der Waals surface area (Å²) in [5, 5.41) is 9.89. The van der Waals surface area contributed by atoms with Crippen LogP contribution >= 0.6 is 11.6 Å². The highest BCUT2D eigenvalue weighted by Crippen LogP contribution is 2.38. The molecule has 20 heavy (non-hydrogen) atoms. The van der Waals surface area contributed by atoms with E-state index in [0.717, 1.165) is 24.2 Å². The molecule has 1 aliphatic heterocycles. The van der Waals surface area contributed by atoms with Crippen LogP contribution in [0.5, 0.6) is 0 Å². The van der Waals surface area contributed by atoms with Gasteiger partial charge >= 0.3 is 0 Å². The summed E-state index contributed by atoms with van der Waals surface area (Å²) in [4.78, 5) is 2.28. The molecule has 0 saturated carbocycles. The second-order valence-electron chi connectivity index (χ2n) is 5.49. The van der Waals surface area contributed by atoms with Crippen LogP contribution in [0.25, 0.3) is 0 Å². The molecule has 0 saturated heterocycles. The number of aliphatic hydroxyl groups is 1. The molecule has 2 aromatic rings. The average Bonchev–Trinajstić information content (AvgIpc) is 2.46. The second kappa shape index (κ2) is 5.47. The molecule has 1 N–H and O–H groups in total. The lowest BCUT2D eigenvalue weighted by Gasteiger charge is -2.35. The largest absolute Gasteiger partial charge is 0.392 e. The number of anilines is 2. The fraction of sp³-hybridized carbons (Fsp3) is 0.294. The van der Waals surface area contributed by atoms with Crippen molar-refractivity contribution in [1.29, 1.82) is 0 Å². The van der Waals surface area contributed by atoms with Gasteiger partial charge in [0, 0.05) is 12.2 Å². The van der Waals surface area contributed by atoms with Crippen LogP contribution in [-0.2, 0) is 13.0 Å². The maximum Gasteiger partial charge on any atom is 0.0682 e. The number of fused-ring (bicyclic) bond motifs is 1. The highest BCUT2D eigenvalue weighted by molar-refractivity contribution is 6.33. The predicted octanol–water partition coefficient (Wildman–Crippen LogP) is 4.16. The molecule has 104 valence electrons. The minimum atomic E-state index is 0.0208. The van der Waals surface area contributed by atoms with Crippen LogP contribution in [0, 0.1) is 5.92 Å². The van der Waals surface area contributed by atoms with Gasteiger partial charge in [0.25, 0.3) is 0 Å². The normalized spacial score (nSPS) is 17.9. The van der Waals surface area contributed by atoms with Crippen molar-refractivity contribution in [3.63, 3.8) is 0 Å². The lowest BCUT2D eigenvalue weighted by atomic mass is 9.93. The van der Waals surface area contributed by atoms with Crippen molar-refractivity contribution >= 4 is 23.0 Å². The first-order valence-corrected chi connectivity index (χ1v) is 7.31. The van der Waals surface area contributed by atoms with Crippen LogP contribution in [0.15, 0.2) is 42.5 Å². The van der Waals surface area contributed by atoms with Gasteiger partial charge in [-0.1, -0.05) is 42.8 Å². The molecule has 3 rings (SSSR count). The van der Waals surface area contributed by atoms with Crippen molar-refractivity contribution < 1.29 is 5.11 Å². The number of para-hydroxylation sites is 1. The van der Waals surface area contributed by atoms with Gasteiger partial charge in [-0.25, -0.2) is 0 Å². The van der Waals surface area contributed by atoms with Gasteiger partial charge in [-0.3, -0.25) is 0 Å². The molecule has 1 heterocycles. The third-order valence-corrected chi connectivity index (χ3v) is 4.13. The van der Waals surface area contributed by atoms with E-state index >= 15 is 0 Å². The summed E-state index contributed by atoms with van der Waals surface area (Å²) in [6, 6.07) is 14.3. The first kappa shape index (κ1) is 13.5. The monoisotopic (exact) mass is 287 g/mol. The summed E-state index contributed by atoms with van der Waals surface area (Å²) < 4.78 is 0. The molecule has 0 bridgehead atoms. The summed E-state index contributed by atoms with van der Waals surface area (Å²) in [5.41, 5.74) is 4.47. The fourth-order valence-corrected chi connectivity index (χ4v) is 3.20. The van der Waals surface area contributed by atoms with Gasteiger partial charge in [0.15, 0.2) is 0 Å². The second-order valence-corrected chi connectivity index (χ2v) is 5.90. The van der Waals surface area contributed by atoms with E-state index in [2.05, 4.69) is 36.1 Å². The Kier molecular flexibility index (Phi) is 3.68. The smallest absolute Gasteiger partial charge is 0.0682 e. The zero-order valence-corrected chi connectivity index (χ0v) is 12.3. The molecule has 0 spiro atoms. The molecule has 0 amide bonds. The van der Waals surface area contributed by atoms with Crippen LogP contribution in [0.4, 0.5) is 11.4 Å². The van der Waals surface area contributed by atoms with Crippen molar-refractivity contribution in [2.75, 3.05) is 11.4 Å². The van der Waals surface area contributed by atoms with E-state index in [0.29, 0.717) is 10.9 Å². The summed E-state index contributed by atoms with van der Waals surface area (Å²) >= 11 is 6.40. The Morgan fingerprint density at radius 1 is 1.20 bits per heavy atom. The molecule has 1 unspecified atom stereocenters. The van der Waals surface area contributed by atoms with Gasteiger partial charge in [0.2, 0.25) is 0 Å². The first-order valence-electron chi connectivity index (χ1n) is 6.93. The highest BCUT2D eigenvalue weighted by Gasteiger charge is 2.23. The number of nitrogens with zero attached hydrogens (tertiary/aromatic N) is 1. The maximum atomic E-state index is 9.19. The quantitative estimate of drug-likeness (QED) is 0.896. The molecule has 2 nitrogen and oxygen atoms in total. The molecule has 2 aromatic carbocycles. The van der Waals surface area contributed by atoms with Crippen LogP contribution < -0.4 is 4.90 Å². The minimum absolute atomic E-state index is 0.0208. The number of benzene rings is 2. The van der Waals surface area contributed by atoms with Crippen molar-refractivity contribution in [3.8, 4) is 0 Å². The average molecular weight is 288 g/mol. The molecule has 0 aliphatic carbocycles. The van der Waals surface area contributed by atoms with E-state index < -0.39 is 0 Å². The zero-order valence-electron chi connectivity index (χ0n) is 11.5. The lowest BCUT2D eigenvalue weighted by Crippen LogP contribution is -2.30. The minimum Gasteiger partial charge on any atom is -0.392 e. The Morgan fingerprint density at radius 3 is 2.75 bits per heavy atom. The number of aliphatic hydroxyl groups excluding tert-OH is 1. The van der Waals surface area contributed by atoms with Gasteiger partial charge in [-0.2, -0.15) is 0 Å². The summed E-state index contributed by atoms with van der Waals surface area (Å²) in [5.74, 6) is 0.596. The van der Waals surface area contributed by atoms with E-state index in [4.69, 9.17) is 11.6 Å². The Morgan fingerprint density at radius 2 is 2.00 bits per heavy atom. The summed E-state index contributed by atoms with van der Waals surface area (Å²) in [6.45, 7) is 3.25. The Bertz CT molecular complexity index is 626. The zero-order chi connectivity index (χ0) is 14.1. The van der Waals surface area contributed by atoms with Crippen molar-refractivity contribution in [2.45, 2.75) is 20.0 Å². The van der Waals surface area contributed by atoms with Crippen LogP contribution in [-0.4, -0.2) is 11.7 Å². The van der Waals surface area contributed by atoms with E-state index in [1.165, 1.54) is 11.3 Å². The molecular weight excluding hydrogens is 270 g/mol. The van der Waals surface area contributed by atoms with E-state index in [1.807, 2.05) is 18.2 Å². The standard InChI is InChI=1S/C17H18ClNO/c1-12-8-14-4-2-3-5-16(14)19(10-12)17-7-6-13(11-20)9-15(17)18/h2-7,9,12,20H,8,10-11H2,1H3. The number of hydrogen-bond acceptors (Lipinski definition) is 2. The molecule has 1 aliphatic rings. The molecule has 0 radical (unpaired) electrons. The van der Waals surface area contributed by atoms with Crippen LogP contribution in [0.1, 0.15) is 18.1 Å². The Labute approximate surface area is 124 Å². The van der Waals surface area contributed by atoms with Gasteiger partial charge < -0.3 is 10.0 Å². The third-order valence-electron chi connectivity index (χ3n) is 3.83. The Balaban J connectivity index is 2.06. The predicted molar refractivity (Wildman–Crippen MR) is 83.7 cm³/mol. The topological polar surface area (TPSA) is 23.5 Å². The van der Waals surface area contributed by atoms with Gasteiger partial charge in [0.05, 0.1) is 17.3 Å². The molecular formula is C17H18ClNO. The van der Waals surface area contributed by atoms with Crippen molar-refractivity contribution in [2.24, 2.45) is 5.92 Å². The molecule has 1 atom stereocenters. The fourth-order valence-electron chi connectivity index (χ4n) is 2.89. The SMILES string of the molecule is CC1Cc2ccccc2N(c2ccc(CO)cc2Cl)C1. The van der Waals surface area contributed by atoms with E-state index in [1.54, 1.807) is 0 Å². The number of hydrogen-bond donors (Lipinski definition) is 1. The van der Waals surface area contributed by atoms with Gasteiger partial charge in [-0.05, 0) is 41.7 Å². The summed E-state index contributed by atoms with van der Waals surface area (Å²) in [6.07, 6.45) is 1.11. The first-order chi connectivity index (χ1) is 9.69. The van der Waals surface area contributed by atoms with Crippen LogP contribution in [0.3, 0.4) is 0 Å². The van der Waals surface area contributed by atoms with Crippen LogP contribution in [0.2, 0.25) is 5.02 Å². The molecule has 0 fully saturated rings. The lowest BCUT2D eigenvalue weighted by molar-refractivity contribution is 0.282. The highest BCUT2D eigenvalue weighted by atomic mass is 35.5. The van der Waals surface area contributed by atoms with Gasteiger partial charge in [0.1, 0.15) is 0 Å². The molecule has 3 heteroatoms. The van der Waals surface area contributed by atoms with Crippen molar-refractivity contribution in [1.82, 2.24) is 0 Å². The van der Waals surface area contributed by atoms with E-state index in [-0.39, 0.29) is 6.61 Å². The number of halogens is 1. The van der Waals surface area contributed by atoms with Crippen molar-refractivity contribution in [3.05, 3.63) is 58.6 Å². The van der Waals surface area contributed by atoms with E-state index in [9.17, 15) is 5.11 Å². The Hall–Kier alpha value is -1.51. The molecule has 0 aromatic heterocycles. The number of rotatable bonds is 2. The summed E-state index contributed by atoms with van der Waals surface area (Å²) in [7, 11) is 0. The van der Waals surface area contributed by atoms with Gasteiger partial charge in [-0.15, -0.1) is 0 Å².